The van der Waals surface area contributed by atoms with Crippen molar-refractivity contribution < 1.29 is 27.6 Å². The lowest BCUT2D eigenvalue weighted by Gasteiger charge is -2.10. The van der Waals surface area contributed by atoms with Crippen LogP contribution in [0.15, 0.2) is 67.9 Å². The van der Waals surface area contributed by atoms with Crippen molar-refractivity contribution >= 4 is 65.8 Å². The molecule has 12 heteroatoms. The van der Waals surface area contributed by atoms with E-state index in [1.807, 2.05) is 0 Å². The third kappa shape index (κ3) is 3.35. The van der Waals surface area contributed by atoms with E-state index in [0.717, 1.165) is 12.1 Å². The first-order chi connectivity index (χ1) is 15.3. The Morgan fingerprint density at radius 1 is 0.750 bits per heavy atom. The molecule has 5 rings (SSSR count). The maximum Gasteiger partial charge on any atom is 0.197 e. The molecule has 0 saturated heterocycles. The molecular formula is C20H10N2O8S2-2. The summed E-state index contributed by atoms with van der Waals surface area (Å²) in [5, 5.41) is 14.3. The second-order valence-electron chi connectivity index (χ2n) is 6.94. The Morgan fingerprint density at radius 3 is 1.84 bits per heavy atom. The van der Waals surface area contributed by atoms with Crippen LogP contribution in [0.25, 0.3) is 43.6 Å². The summed E-state index contributed by atoms with van der Waals surface area (Å²) in [4.78, 5) is 32.2. The van der Waals surface area contributed by atoms with E-state index in [9.17, 15) is 27.8 Å². The maximum absolute atomic E-state index is 13.1. The summed E-state index contributed by atoms with van der Waals surface area (Å²) in [5.41, 5.74) is 0.780. The molecule has 0 aliphatic carbocycles. The number of rotatable bonds is 4. The lowest BCUT2D eigenvalue weighted by Crippen LogP contribution is -2.09. The third-order valence-corrected chi connectivity index (χ3v) is 6.50. The zero-order valence-electron chi connectivity index (χ0n) is 15.7. The van der Waals surface area contributed by atoms with Gasteiger partial charge in [0.05, 0.1) is 28.0 Å². The molecule has 2 N–H and O–H groups in total. The van der Waals surface area contributed by atoms with Gasteiger partial charge in [0.1, 0.15) is 10.1 Å². The molecule has 0 aliphatic rings. The largest absolute Gasteiger partial charge is 0.744 e. The van der Waals surface area contributed by atoms with Gasteiger partial charge in [-0.1, -0.05) is 0 Å². The van der Waals surface area contributed by atoms with E-state index < -0.39 is 20.4 Å². The molecule has 0 bridgehead atoms. The number of nitrogens with one attached hydrogen (secondary N) is 2. The van der Waals surface area contributed by atoms with Crippen LogP contribution in [0.3, 0.4) is 0 Å². The van der Waals surface area contributed by atoms with Crippen LogP contribution in [0.1, 0.15) is 0 Å². The fraction of sp³-hybridized carbons (Fsp3) is 0. The van der Waals surface area contributed by atoms with Gasteiger partial charge in [-0.25, -0.2) is 8.42 Å². The number of aromatic nitrogens is 2. The second-order valence-corrected chi connectivity index (χ2v) is 9.09. The molecule has 10 nitrogen and oxygen atoms in total. The molecule has 0 saturated carbocycles. The molecule has 0 unspecified atom stereocenters. The molecule has 0 fully saturated rings. The normalized spacial score (nSPS) is 12.3. The smallest absolute Gasteiger partial charge is 0.197 e. The summed E-state index contributed by atoms with van der Waals surface area (Å²) in [6.07, 6.45) is 0. The number of H-pyrrole nitrogens is 2. The first-order valence-electron chi connectivity index (χ1n) is 8.95. The molecule has 5 aromatic rings. The molecule has 0 spiro atoms. The number of hydrogen-bond donors (Lipinski definition) is 2. The summed E-state index contributed by atoms with van der Waals surface area (Å²) >= 11 is 0.658. The molecule has 3 aromatic carbocycles. The van der Waals surface area contributed by atoms with Crippen LogP contribution in [-0.4, -0.2) is 22.9 Å². The number of aromatic amines is 2. The number of fused-ring (bicyclic) bond motifs is 4. The lowest BCUT2D eigenvalue weighted by atomic mass is 10.1. The van der Waals surface area contributed by atoms with E-state index in [1.165, 1.54) is 24.3 Å². The van der Waals surface area contributed by atoms with Gasteiger partial charge in [-0.2, -0.15) is 4.33 Å². The van der Waals surface area contributed by atoms with Crippen LogP contribution < -0.4 is 16.1 Å². The topological polar surface area (TPSA) is 164 Å². The minimum absolute atomic E-state index is 0.0409. The van der Waals surface area contributed by atoms with E-state index in [4.69, 9.17) is 0 Å². The van der Waals surface area contributed by atoms with Gasteiger partial charge < -0.3 is 19.8 Å². The Kier molecular flexibility index (Phi) is 4.78. The van der Waals surface area contributed by atoms with Crippen LogP contribution in [-0.2, 0) is 19.5 Å². The van der Waals surface area contributed by atoms with E-state index in [2.05, 4.69) is 19.3 Å². The van der Waals surface area contributed by atoms with Gasteiger partial charge in [0, 0.05) is 37.5 Å². The molecule has 0 amide bonds. The zero-order valence-corrected chi connectivity index (χ0v) is 17.3. The van der Waals surface area contributed by atoms with Gasteiger partial charge in [0.2, 0.25) is 0 Å². The Labute approximate surface area is 182 Å². The van der Waals surface area contributed by atoms with Gasteiger partial charge in [-0.3, -0.25) is 14.6 Å². The Bertz CT molecular complexity index is 1790. The van der Waals surface area contributed by atoms with E-state index in [1.54, 1.807) is 12.1 Å². The average Bonchev–Trinajstić information content (AvgIpc) is 2.77. The predicted octanol–water partition coefficient (Wildman–Crippen LogP) is 1.81. The van der Waals surface area contributed by atoms with Gasteiger partial charge in [-0.05, 0) is 48.5 Å². The molecular weight excluding hydrogens is 460 g/mol. The summed E-state index contributed by atoms with van der Waals surface area (Å²) in [5.74, 6) is 0. The second kappa shape index (κ2) is 7.41. The molecule has 2 aromatic heterocycles. The minimum Gasteiger partial charge on any atom is -0.744 e. The standard InChI is InChI=1S/C20H12N2O8S2/c23-19-11-5-9(31-30-29-25)1-3-15(11)21-17-8-14-18(7-13(17)19)22-16-4-2-10(32(26,27)28)6-12(16)20(14)24/h1-8,25H,(H,21,23)(H,22,24)(H,26,27,28)/p-2. The maximum atomic E-state index is 13.1. The van der Waals surface area contributed by atoms with Crippen molar-refractivity contribution in [3.8, 4) is 0 Å². The van der Waals surface area contributed by atoms with Crippen molar-refractivity contribution in [2.24, 2.45) is 0 Å². The highest BCUT2D eigenvalue weighted by molar-refractivity contribution is 7.94. The molecule has 2 heterocycles. The highest BCUT2D eigenvalue weighted by Crippen LogP contribution is 2.25. The highest BCUT2D eigenvalue weighted by Gasteiger charge is 2.13. The van der Waals surface area contributed by atoms with Gasteiger partial charge >= 0.3 is 0 Å². The highest BCUT2D eigenvalue weighted by atomic mass is 32.2. The van der Waals surface area contributed by atoms with Gasteiger partial charge in [-0.15, -0.1) is 0 Å². The summed E-state index contributed by atoms with van der Waals surface area (Å²) < 4.78 is 38.3. The summed E-state index contributed by atoms with van der Waals surface area (Å²) in [6.45, 7) is 0. The van der Waals surface area contributed by atoms with E-state index in [0.29, 0.717) is 49.8 Å². The van der Waals surface area contributed by atoms with Crippen molar-refractivity contribution in [2.45, 2.75) is 9.79 Å². The number of hydrogen-bond acceptors (Lipinski definition) is 9. The average molecular weight is 470 g/mol. The fourth-order valence-electron chi connectivity index (χ4n) is 3.66. The SMILES string of the molecule is O=c1c2cc(SOO[O-])ccc2[nH]c2cc3c(=O)c4cc(S(=O)(=O)[O-])ccc4[nH]c3cc12. The van der Waals surface area contributed by atoms with Crippen LogP contribution in [0.4, 0.5) is 0 Å². The van der Waals surface area contributed by atoms with E-state index in [-0.39, 0.29) is 16.2 Å². The number of pyridine rings is 2. The molecule has 162 valence electrons. The van der Waals surface area contributed by atoms with E-state index >= 15 is 0 Å². The number of benzene rings is 3. The van der Waals surface area contributed by atoms with Crippen molar-refractivity contribution in [1.82, 2.24) is 9.97 Å². The summed E-state index contributed by atoms with van der Waals surface area (Å²) in [6, 6.07) is 11.3. The zero-order chi connectivity index (χ0) is 22.6. The quantitative estimate of drug-likeness (QED) is 0.131. The Balaban J connectivity index is 1.81. The molecule has 0 aliphatic heterocycles. The fourth-order valence-corrected chi connectivity index (χ4v) is 4.56. The Morgan fingerprint density at radius 2 is 1.28 bits per heavy atom. The van der Waals surface area contributed by atoms with Gasteiger partial charge in [0.25, 0.3) is 0 Å². The van der Waals surface area contributed by atoms with Crippen LogP contribution in [0.2, 0.25) is 0 Å². The predicted molar refractivity (Wildman–Crippen MR) is 114 cm³/mol. The van der Waals surface area contributed by atoms with Crippen molar-refractivity contribution in [3.05, 3.63) is 69.0 Å². The van der Waals surface area contributed by atoms with Crippen molar-refractivity contribution in [1.29, 1.82) is 0 Å². The molecule has 32 heavy (non-hydrogen) atoms. The first-order valence-corrected chi connectivity index (χ1v) is 11.1. The summed E-state index contributed by atoms with van der Waals surface area (Å²) in [7, 11) is -4.72. The van der Waals surface area contributed by atoms with Crippen molar-refractivity contribution in [3.63, 3.8) is 0 Å². The first kappa shape index (κ1) is 20.6. The van der Waals surface area contributed by atoms with Gasteiger partial charge in [0.15, 0.2) is 10.9 Å². The third-order valence-electron chi connectivity index (χ3n) is 5.10. The van der Waals surface area contributed by atoms with Crippen LogP contribution in [0.5, 0.6) is 0 Å². The van der Waals surface area contributed by atoms with Crippen molar-refractivity contribution in [2.75, 3.05) is 0 Å². The van der Waals surface area contributed by atoms with Crippen LogP contribution in [0, 0.1) is 0 Å². The van der Waals surface area contributed by atoms with Crippen LogP contribution >= 0.6 is 12.0 Å². The monoisotopic (exact) mass is 470 g/mol. The minimum atomic E-state index is -4.72. The molecule has 0 atom stereocenters. The lowest BCUT2D eigenvalue weighted by molar-refractivity contribution is -0.777. The Hall–Kier alpha value is -3.26. The molecule has 0 radical (unpaired) electrons.